The van der Waals surface area contributed by atoms with E-state index in [9.17, 15) is 9.59 Å². The lowest BCUT2D eigenvalue weighted by molar-refractivity contribution is -0.125. The SMILES string of the molecule is CC(=O)NCCNc1cc(NCCNC(=O)C2CC3C=CC2C3)nc(-c2ccccc2)n1. The van der Waals surface area contributed by atoms with Crippen LogP contribution >= 0.6 is 0 Å². The quantitative estimate of drug-likeness (QED) is 0.338. The Balaban J connectivity index is 1.33. The molecule has 0 saturated heterocycles. The van der Waals surface area contributed by atoms with E-state index < -0.39 is 0 Å². The number of allylic oxidation sites excluding steroid dienone is 2. The van der Waals surface area contributed by atoms with Gasteiger partial charge in [-0.2, -0.15) is 0 Å². The van der Waals surface area contributed by atoms with Gasteiger partial charge in [-0.15, -0.1) is 0 Å². The molecule has 1 heterocycles. The van der Waals surface area contributed by atoms with Gasteiger partial charge in [0, 0.05) is 50.7 Å². The van der Waals surface area contributed by atoms with Crippen molar-refractivity contribution in [3.8, 4) is 11.4 Å². The second kappa shape index (κ2) is 10.3. The first kappa shape index (κ1) is 21.8. The van der Waals surface area contributed by atoms with Crippen LogP contribution in [0.2, 0.25) is 0 Å². The third-order valence-corrected chi connectivity index (χ3v) is 5.91. The molecule has 4 N–H and O–H groups in total. The van der Waals surface area contributed by atoms with E-state index in [1.807, 2.05) is 36.4 Å². The van der Waals surface area contributed by atoms with Gasteiger partial charge in [0.1, 0.15) is 11.6 Å². The van der Waals surface area contributed by atoms with Gasteiger partial charge < -0.3 is 21.3 Å². The molecule has 0 spiro atoms. The smallest absolute Gasteiger partial charge is 0.223 e. The molecule has 0 aliphatic heterocycles. The van der Waals surface area contributed by atoms with Crippen LogP contribution in [0.25, 0.3) is 11.4 Å². The van der Waals surface area contributed by atoms with Crippen molar-refractivity contribution in [3.05, 3.63) is 48.6 Å². The van der Waals surface area contributed by atoms with E-state index in [2.05, 4.69) is 43.4 Å². The normalized spacial score (nSPS) is 20.7. The zero-order valence-corrected chi connectivity index (χ0v) is 18.3. The molecule has 8 heteroatoms. The molecule has 32 heavy (non-hydrogen) atoms. The second-order valence-electron chi connectivity index (χ2n) is 8.34. The molecule has 1 fully saturated rings. The molecule has 2 amide bonds. The van der Waals surface area contributed by atoms with Gasteiger partial charge in [-0.05, 0) is 24.7 Å². The van der Waals surface area contributed by atoms with Crippen molar-refractivity contribution in [3.63, 3.8) is 0 Å². The minimum Gasteiger partial charge on any atom is -0.368 e. The van der Waals surface area contributed by atoms with Gasteiger partial charge in [0.15, 0.2) is 5.82 Å². The monoisotopic (exact) mass is 434 g/mol. The molecule has 3 atom stereocenters. The van der Waals surface area contributed by atoms with Crippen molar-refractivity contribution in [2.24, 2.45) is 17.8 Å². The van der Waals surface area contributed by atoms with Crippen LogP contribution in [0.3, 0.4) is 0 Å². The number of fused-ring (bicyclic) bond motifs is 2. The van der Waals surface area contributed by atoms with E-state index in [4.69, 9.17) is 0 Å². The van der Waals surface area contributed by atoms with Gasteiger partial charge in [-0.25, -0.2) is 9.97 Å². The van der Waals surface area contributed by atoms with Crippen molar-refractivity contribution < 1.29 is 9.59 Å². The summed E-state index contributed by atoms with van der Waals surface area (Å²) in [5.74, 6) is 3.16. The highest BCUT2D eigenvalue weighted by atomic mass is 16.2. The number of aromatic nitrogens is 2. The largest absolute Gasteiger partial charge is 0.368 e. The molecular formula is C24H30N6O2. The van der Waals surface area contributed by atoms with Gasteiger partial charge in [0.2, 0.25) is 11.8 Å². The minimum absolute atomic E-state index is 0.0645. The van der Waals surface area contributed by atoms with Crippen molar-refractivity contribution >= 4 is 23.5 Å². The predicted octanol–water partition coefficient (Wildman–Crippen LogP) is 2.43. The van der Waals surface area contributed by atoms with Gasteiger partial charge in [0.25, 0.3) is 0 Å². The maximum absolute atomic E-state index is 12.5. The highest BCUT2D eigenvalue weighted by molar-refractivity contribution is 5.80. The van der Waals surface area contributed by atoms with Gasteiger partial charge in [-0.3, -0.25) is 9.59 Å². The Bertz CT molecular complexity index is 978. The van der Waals surface area contributed by atoms with Crippen LogP contribution in [0.1, 0.15) is 19.8 Å². The Kier molecular flexibility index (Phi) is 6.99. The molecule has 1 aromatic carbocycles. The van der Waals surface area contributed by atoms with E-state index in [0.29, 0.717) is 55.5 Å². The number of carbonyl (C=O) groups is 2. The highest BCUT2D eigenvalue weighted by Gasteiger charge is 2.39. The summed E-state index contributed by atoms with van der Waals surface area (Å²) < 4.78 is 0. The minimum atomic E-state index is -0.0645. The summed E-state index contributed by atoms with van der Waals surface area (Å²) in [4.78, 5) is 32.8. The molecule has 1 aromatic heterocycles. The van der Waals surface area contributed by atoms with Gasteiger partial charge in [-0.1, -0.05) is 42.5 Å². The number of anilines is 2. The average molecular weight is 435 g/mol. The molecule has 8 nitrogen and oxygen atoms in total. The third-order valence-electron chi connectivity index (χ3n) is 5.91. The van der Waals surface area contributed by atoms with Gasteiger partial charge in [0.05, 0.1) is 0 Å². The Morgan fingerprint density at radius 2 is 1.59 bits per heavy atom. The number of hydrogen-bond donors (Lipinski definition) is 4. The summed E-state index contributed by atoms with van der Waals surface area (Å²) >= 11 is 0. The maximum atomic E-state index is 12.5. The average Bonchev–Trinajstić information content (AvgIpc) is 3.44. The first-order chi connectivity index (χ1) is 15.6. The molecule has 2 aliphatic carbocycles. The summed E-state index contributed by atoms with van der Waals surface area (Å²) in [5, 5.41) is 12.3. The van der Waals surface area contributed by atoms with Crippen LogP contribution in [0.4, 0.5) is 11.6 Å². The topological polar surface area (TPSA) is 108 Å². The first-order valence-corrected chi connectivity index (χ1v) is 11.2. The summed E-state index contributed by atoms with van der Waals surface area (Å²) in [6, 6.07) is 11.6. The molecule has 2 aliphatic rings. The number of hydrogen-bond acceptors (Lipinski definition) is 6. The van der Waals surface area contributed by atoms with Crippen LogP contribution in [0.15, 0.2) is 48.6 Å². The second-order valence-corrected chi connectivity index (χ2v) is 8.34. The number of nitrogens with one attached hydrogen (secondary N) is 4. The number of benzene rings is 1. The maximum Gasteiger partial charge on any atom is 0.223 e. The van der Waals surface area contributed by atoms with Crippen molar-refractivity contribution in [1.29, 1.82) is 0 Å². The third kappa shape index (κ3) is 5.63. The van der Waals surface area contributed by atoms with Gasteiger partial charge >= 0.3 is 0 Å². The molecule has 2 bridgehead atoms. The summed E-state index contributed by atoms with van der Waals surface area (Å²) in [5.41, 5.74) is 0.915. The number of carbonyl (C=O) groups excluding carboxylic acids is 2. The van der Waals surface area contributed by atoms with Crippen LogP contribution in [-0.2, 0) is 9.59 Å². The molecule has 4 rings (SSSR count). The van der Waals surface area contributed by atoms with Crippen LogP contribution in [0, 0.1) is 17.8 Å². The summed E-state index contributed by atoms with van der Waals surface area (Å²) in [6.45, 7) is 3.66. The Morgan fingerprint density at radius 1 is 0.906 bits per heavy atom. The summed E-state index contributed by atoms with van der Waals surface area (Å²) in [6.07, 6.45) is 6.54. The lowest BCUT2D eigenvalue weighted by Crippen LogP contribution is -2.35. The molecule has 168 valence electrons. The number of amides is 2. The zero-order chi connectivity index (χ0) is 22.3. The fourth-order valence-corrected chi connectivity index (χ4v) is 4.36. The highest BCUT2D eigenvalue weighted by Crippen LogP contribution is 2.43. The lowest BCUT2D eigenvalue weighted by atomic mass is 9.93. The van der Waals surface area contributed by atoms with Crippen molar-refractivity contribution in [2.75, 3.05) is 36.8 Å². The fourth-order valence-electron chi connectivity index (χ4n) is 4.36. The zero-order valence-electron chi connectivity index (χ0n) is 18.3. The molecule has 2 aromatic rings. The van der Waals surface area contributed by atoms with E-state index >= 15 is 0 Å². The number of rotatable bonds is 10. The molecule has 3 unspecified atom stereocenters. The van der Waals surface area contributed by atoms with E-state index in [1.165, 1.54) is 6.92 Å². The standard InChI is InChI=1S/C24H30N6O2/c1-16(31)25-9-10-26-21-15-22(30-23(29-21)18-5-3-2-4-6-18)27-11-12-28-24(32)20-14-17-7-8-19(20)13-17/h2-8,15,17,19-20H,9-14H2,1H3,(H,25,31)(H,28,32)(H2,26,27,29,30). The van der Waals surface area contributed by atoms with Crippen molar-refractivity contribution in [1.82, 2.24) is 20.6 Å². The summed E-state index contributed by atoms with van der Waals surface area (Å²) in [7, 11) is 0. The van der Waals surface area contributed by atoms with Crippen LogP contribution in [0.5, 0.6) is 0 Å². The van der Waals surface area contributed by atoms with Crippen molar-refractivity contribution in [2.45, 2.75) is 19.8 Å². The Labute approximate surface area is 188 Å². The van der Waals surface area contributed by atoms with E-state index in [1.54, 1.807) is 0 Å². The number of nitrogens with zero attached hydrogens (tertiary/aromatic N) is 2. The molecular weight excluding hydrogens is 404 g/mol. The lowest BCUT2D eigenvalue weighted by Gasteiger charge is -2.18. The molecule has 0 radical (unpaired) electrons. The van der Waals surface area contributed by atoms with Crippen LogP contribution < -0.4 is 21.3 Å². The van der Waals surface area contributed by atoms with E-state index in [0.717, 1.165) is 18.4 Å². The Hall–Kier alpha value is -3.42. The Morgan fingerprint density at radius 3 is 2.19 bits per heavy atom. The van der Waals surface area contributed by atoms with E-state index in [-0.39, 0.29) is 17.7 Å². The predicted molar refractivity (Wildman–Crippen MR) is 125 cm³/mol. The van der Waals surface area contributed by atoms with Crippen LogP contribution in [-0.4, -0.2) is 48.0 Å². The fraction of sp³-hybridized carbons (Fsp3) is 0.417. The first-order valence-electron chi connectivity index (χ1n) is 11.2. The molecule has 1 saturated carbocycles.